The number of amides is 1. The van der Waals surface area contributed by atoms with Crippen molar-refractivity contribution in [1.29, 1.82) is 0 Å². The number of carbonyl (C=O) groups excluding carboxylic acids is 1. The highest BCUT2D eigenvalue weighted by molar-refractivity contribution is 9.09. The molecule has 12 heavy (non-hydrogen) atoms. The van der Waals surface area contributed by atoms with Crippen LogP contribution in [0.1, 0.15) is 6.92 Å². The average Bonchev–Trinajstić information content (AvgIpc) is 1.82. The van der Waals surface area contributed by atoms with Crippen molar-refractivity contribution in [2.24, 2.45) is 0 Å². The summed E-state index contributed by atoms with van der Waals surface area (Å²) in [5.74, 6) is -0.894. The standard InChI is InChI=1S/C6H12BrNO3S/c1-5(3-7)8-6(9)4-12(2,10)11/h5H,3-4H2,1-2H3,(H,8,9). The Bertz CT molecular complexity index is 250. The maximum absolute atomic E-state index is 10.9. The third-order valence-corrected chi connectivity index (χ3v) is 2.79. The number of halogens is 1. The molecule has 0 aromatic carbocycles. The maximum Gasteiger partial charge on any atom is 0.235 e. The topological polar surface area (TPSA) is 63.2 Å². The fourth-order valence-corrected chi connectivity index (χ4v) is 1.31. The minimum Gasteiger partial charge on any atom is -0.352 e. The third-order valence-electron chi connectivity index (χ3n) is 1.03. The van der Waals surface area contributed by atoms with Crippen molar-refractivity contribution in [1.82, 2.24) is 5.32 Å². The molecule has 0 aliphatic rings. The molecule has 0 saturated heterocycles. The molecule has 1 N–H and O–H groups in total. The monoisotopic (exact) mass is 257 g/mol. The van der Waals surface area contributed by atoms with Crippen LogP contribution in [-0.4, -0.2) is 37.7 Å². The number of nitrogens with one attached hydrogen (secondary N) is 1. The van der Waals surface area contributed by atoms with Crippen LogP contribution in [0.15, 0.2) is 0 Å². The van der Waals surface area contributed by atoms with Gasteiger partial charge >= 0.3 is 0 Å². The zero-order chi connectivity index (χ0) is 9.78. The SMILES string of the molecule is CC(CBr)NC(=O)CS(C)(=O)=O. The Morgan fingerprint density at radius 1 is 1.58 bits per heavy atom. The summed E-state index contributed by atoms with van der Waals surface area (Å²) in [4.78, 5) is 10.9. The van der Waals surface area contributed by atoms with E-state index in [2.05, 4.69) is 21.2 Å². The van der Waals surface area contributed by atoms with Crippen LogP contribution < -0.4 is 5.32 Å². The van der Waals surface area contributed by atoms with Gasteiger partial charge in [-0.1, -0.05) is 15.9 Å². The van der Waals surface area contributed by atoms with E-state index in [0.717, 1.165) is 6.26 Å². The molecular weight excluding hydrogens is 246 g/mol. The Morgan fingerprint density at radius 2 is 2.08 bits per heavy atom. The van der Waals surface area contributed by atoms with Gasteiger partial charge in [0.25, 0.3) is 0 Å². The molecule has 0 saturated carbocycles. The molecule has 0 rings (SSSR count). The van der Waals surface area contributed by atoms with E-state index in [1.807, 2.05) is 0 Å². The molecule has 1 amide bonds. The van der Waals surface area contributed by atoms with E-state index in [1.54, 1.807) is 6.92 Å². The molecule has 1 atom stereocenters. The maximum atomic E-state index is 10.9. The molecule has 0 aliphatic heterocycles. The molecule has 0 heterocycles. The van der Waals surface area contributed by atoms with E-state index in [0.29, 0.717) is 5.33 Å². The van der Waals surface area contributed by atoms with E-state index >= 15 is 0 Å². The van der Waals surface area contributed by atoms with Gasteiger partial charge in [0.05, 0.1) is 0 Å². The fraction of sp³-hybridized carbons (Fsp3) is 0.833. The molecule has 6 heteroatoms. The van der Waals surface area contributed by atoms with Crippen molar-refractivity contribution < 1.29 is 13.2 Å². The first kappa shape index (κ1) is 11.9. The summed E-state index contributed by atoms with van der Waals surface area (Å²) in [6.45, 7) is 1.79. The van der Waals surface area contributed by atoms with Crippen molar-refractivity contribution in [3.05, 3.63) is 0 Å². The van der Waals surface area contributed by atoms with Gasteiger partial charge in [0.15, 0.2) is 9.84 Å². The lowest BCUT2D eigenvalue weighted by atomic mass is 10.4. The van der Waals surface area contributed by atoms with Crippen LogP contribution in [0.3, 0.4) is 0 Å². The van der Waals surface area contributed by atoms with Gasteiger partial charge in [-0.15, -0.1) is 0 Å². The molecule has 4 nitrogen and oxygen atoms in total. The molecule has 0 aliphatic carbocycles. The fourth-order valence-electron chi connectivity index (χ4n) is 0.593. The average molecular weight is 258 g/mol. The van der Waals surface area contributed by atoms with E-state index in [9.17, 15) is 13.2 Å². The second-order valence-corrected chi connectivity index (χ2v) is 5.48. The minimum atomic E-state index is -3.20. The predicted molar refractivity (Wildman–Crippen MR) is 51.1 cm³/mol. The third kappa shape index (κ3) is 6.60. The highest BCUT2D eigenvalue weighted by atomic mass is 79.9. The Kier molecular flexibility index (Phi) is 4.77. The van der Waals surface area contributed by atoms with Crippen LogP contribution in [0.4, 0.5) is 0 Å². The predicted octanol–water partition coefficient (Wildman–Crippen LogP) is -0.0694. The Balaban J connectivity index is 3.92. The smallest absolute Gasteiger partial charge is 0.235 e. The molecular formula is C6H12BrNO3S. The van der Waals surface area contributed by atoms with Gasteiger partial charge in [-0.2, -0.15) is 0 Å². The van der Waals surface area contributed by atoms with Crippen molar-refractivity contribution in [3.8, 4) is 0 Å². The van der Waals surface area contributed by atoms with E-state index in [1.165, 1.54) is 0 Å². The number of carbonyl (C=O) groups is 1. The van der Waals surface area contributed by atoms with Crippen molar-refractivity contribution >= 4 is 31.7 Å². The molecule has 0 radical (unpaired) electrons. The van der Waals surface area contributed by atoms with Crippen LogP contribution in [-0.2, 0) is 14.6 Å². The summed E-state index contributed by atoms with van der Waals surface area (Å²) in [6.07, 6.45) is 1.03. The second-order valence-electron chi connectivity index (χ2n) is 2.69. The molecule has 0 fully saturated rings. The summed E-state index contributed by atoms with van der Waals surface area (Å²) < 4.78 is 21.3. The van der Waals surface area contributed by atoms with Crippen LogP contribution in [0.25, 0.3) is 0 Å². The zero-order valence-electron chi connectivity index (χ0n) is 7.00. The summed E-state index contributed by atoms with van der Waals surface area (Å²) >= 11 is 3.16. The molecule has 0 aromatic heterocycles. The second kappa shape index (κ2) is 4.81. The van der Waals surface area contributed by atoms with Crippen molar-refractivity contribution in [3.63, 3.8) is 0 Å². The molecule has 0 bridgehead atoms. The highest BCUT2D eigenvalue weighted by Gasteiger charge is 2.12. The summed E-state index contributed by atoms with van der Waals surface area (Å²) in [5, 5.41) is 3.13. The molecule has 0 spiro atoms. The normalized spacial score (nSPS) is 13.9. The zero-order valence-corrected chi connectivity index (χ0v) is 9.41. The van der Waals surface area contributed by atoms with Crippen LogP contribution in [0, 0.1) is 0 Å². The van der Waals surface area contributed by atoms with E-state index in [4.69, 9.17) is 0 Å². The van der Waals surface area contributed by atoms with E-state index in [-0.39, 0.29) is 6.04 Å². The van der Waals surface area contributed by atoms with Crippen LogP contribution in [0.2, 0.25) is 0 Å². The van der Waals surface area contributed by atoms with Crippen molar-refractivity contribution in [2.75, 3.05) is 17.3 Å². The summed E-state index contributed by atoms with van der Waals surface area (Å²) in [5.41, 5.74) is 0. The van der Waals surface area contributed by atoms with Gasteiger partial charge in [-0.25, -0.2) is 8.42 Å². The molecule has 72 valence electrons. The summed E-state index contributed by atoms with van der Waals surface area (Å²) in [7, 11) is -3.20. The molecule has 1 unspecified atom stereocenters. The van der Waals surface area contributed by atoms with Crippen LogP contribution >= 0.6 is 15.9 Å². The highest BCUT2D eigenvalue weighted by Crippen LogP contribution is 1.90. The van der Waals surface area contributed by atoms with Crippen LogP contribution in [0.5, 0.6) is 0 Å². The quantitative estimate of drug-likeness (QED) is 0.718. The lowest BCUT2D eigenvalue weighted by Gasteiger charge is -2.09. The first-order valence-electron chi connectivity index (χ1n) is 3.38. The lowest BCUT2D eigenvalue weighted by molar-refractivity contribution is -0.119. The Morgan fingerprint density at radius 3 is 2.42 bits per heavy atom. The number of alkyl halides is 1. The largest absolute Gasteiger partial charge is 0.352 e. The first-order valence-corrected chi connectivity index (χ1v) is 6.56. The van der Waals surface area contributed by atoms with Gasteiger partial charge in [0.1, 0.15) is 5.75 Å². The van der Waals surface area contributed by atoms with Gasteiger partial charge in [0, 0.05) is 17.6 Å². The molecule has 0 aromatic rings. The first-order chi connectivity index (χ1) is 5.35. The van der Waals surface area contributed by atoms with E-state index < -0.39 is 21.5 Å². The van der Waals surface area contributed by atoms with Gasteiger partial charge in [-0.05, 0) is 6.92 Å². The van der Waals surface area contributed by atoms with Gasteiger partial charge in [0.2, 0.25) is 5.91 Å². The number of sulfone groups is 1. The van der Waals surface area contributed by atoms with Crippen molar-refractivity contribution in [2.45, 2.75) is 13.0 Å². The van der Waals surface area contributed by atoms with Gasteiger partial charge < -0.3 is 5.32 Å². The minimum absolute atomic E-state index is 0.0424. The lowest BCUT2D eigenvalue weighted by Crippen LogP contribution is -2.37. The summed E-state index contributed by atoms with van der Waals surface area (Å²) in [6, 6.07) is -0.0424. The number of hydrogen-bond donors (Lipinski definition) is 1. The number of rotatable bonds is 4. The Labute approximate surface area is 80.8 Å². The van der Waals surface area contributed by atoms with Gasteiger partial charge in [-0.3, -0.25) is 4.79 Å². The number of hydrogen-bond acceptors (Lipinski definition) is 3. The Hall–Kier alpha value is -0.100.